The lowest BCUT2D eigenvalue weighted by molar-refractivity contribution is 0.102. The number of hydrogen-bond acceptors (Lipinski definition) is 4. The minimum atomic E-state index is -0.300. The number of ether oxygens (including phenoxy) is 1. The molecule has 0 radical (unpaired) electrons. The third-order valence-corrected chi connectivity index (χ3v) is 3.47. The van der Waals surface area contributed by atoms with Crippen molar-refractivity contribution in [1.82, 2.24) is 9.97 Å². The Morgan fingerprint density at radius 1 is 1.16 bits per heavy atom. The number of aromatic nitrogens is 2. The van der Waals surface area contributed by atoms with Crippen LogP contribution in [-0.2, 0) is 0 Å². The first kappa shape index (κ1) is 16.2. The van der Waals surface area contributed by atoms with E-state index in [1.165, 1.54) is 6.20 Å². The number of terminal acetylenes is 1. The largest absolute Gasteiger partial charge is 0.457 e. The standard InChI is InChI=1S/C20H15N3O2/c1-3-15-4-6-18(22-13-15)20(24)23-16-5-7-19(14(2)12-16)25-17-8-10-21-11-9-17/h1,4-13H,2H3,(H,23,24). The SMILES string of the molecule is C#Cc1ccc(C(=O)Nc2ccc(Oc3ccncc3)c(C)c2)nc1. The van der Waals surface area contributed by atoms with E-state index in [0.29, 0.717) is 28.4 Å². The van der Waals surface area contributed by atoms with E-state index < -0.39 is 0 Å². The highest BCUT2D eigenvalue weighted by Gasteiger charge is 2.09. The number of aryl methyl sites for hydroxylation is 1. The predicted molar refractivity (Wildman–Crippen MR) is 95.6 cm³/mol. The lowest BCUT2D eigenvalue weighted by atomic mass is 10.2. The highest BCUT2D eigenvalue weighted by atomic mass is 16.5. The molecule has 2 aromatic heterocycles. The van der Waals surface area contributed by atoms with Crippen LogP contribution in [0.1, 0.15) is 21.6 Å². The lowest BCUT2D eigenvalue weighted by Crippen LogP contribution is -2.13. The third-order valence-electron chi connectivity index (χ3n) is 3.47. The predicted octanol–water partition coefficient (Wildman–Crippen LogP) is 3.81. The molecule has 0 atom stereocenters. The number of benzene rings is 1. The summed E-state index contributed by atoms with van der Waals surface area (Å²) in [5.41, 5.74) is 2.48. The number of amides is 1. The number of anilines is 1. The van der Waals surface area contributed by atoms with Crippen LogP contribution >= 0.6 is 0 Å². The molecule has 5 nitrogen and oxygen atoms in total. The number of nitrogens with zero attached hydrogens (tertiary/aromatic N) is 2. The highest BCUT2D eigenvalue weighted by molar-refractivity contribution is 6.02. The van der Waals surface area contributed by atoms with Crippen molar-refractivity contribution >= 4 is 11.6 Å². The van der Waals surface area contributed by atoms with Crippen LogP contribution in [0.15, 0.2) is 61.1 Å². The second-order valence-corrected chi connectivity index (χ2v) is 5.30. The molecule has 2 heterocycles. The van der Waals surface area contributed by atoms with Crippen molar-refractivity contribution in [2.75, 3.05) is 5.32 Å². The van der Waals surface area contributed by atoms with Gasteiger partial charge >= 0.3 is 0 Å². The summed E-state index contributed by atoms with van der Waals surface area (Å²) in [6.07, 6.45) is 10.1. The van der Waals surface area contributed by atoms with Gasteiger partial charge in [-0.25, -0.2) is 4.98 Å². The second kappa shape index (κ2) is 7.28. The van der Waals surface area contributed by atoms with E-state index in [4.69, 9.17) is 11.2 Å². The van der Waals surface area contributed by atoms with Crippen LogP contribution in [0.3, 0.4) is 0 Å². The summed E-state index contributed by atoms with van der Waals surface area (Å²) in [6.45, 7) is 1.91. The van der Waals surface area contributed by atoms with Crippen molar-refractivity contribution in [2.45, 2.75) is 6.92 Å². The fourth-order valence-electron chi connectivity index (χ4n) is 2.18. The molecule has 1 amide bonds. The summed E-state index contributed by atoms with van der Waals surface area (Å²) >= 11 is 0. The van der Waals surface area contributed by atoms with E-state index in [1.807, 2.05) is 13.0 Å². The van der Waals surface area contributed by atoms with Gasteiger partial charge in [-0.3, -0.25) is 9.78 Å². The molecule has 0 saturated carbocycles. The monoisotopic (exact) mass is 329 g/mol. The molecule has 1 aromatic carbocycles. The van der Waals surface area contributed by atoms with Crippen LogP contribution in [0.2, 0.25) is 0 Å². The Morgan fingerprint density at radius 3 is 2.60 bits per heavy atom. The van der Waals surface area contributed by atoms with E-state index >= 15 is 0 Å². The molecule has 25 heavy (non-hydrogen) atoms. The topological polar surface area (TPSA) is 64.1 Å². The number of carbonyl (C=O) groups excluding carboxylic acids is 1. The molecule has 3 rings (SSSR count). The minimum absolute atomic E-state index is 0.300. The van der Waals surface area contributed by atoms with E-state index in [0.717, 1.165) is 5.56 Å². The zero-order chi connectivity index (χ0) is 17.6. The zero-order valence-corrected chi connectivity index (χ0v) is 13.6. The van der Waals surface area contributed by atoms with Gasteiger partial charge in [0.25, 0.3) is 5.91 Å². The zero-order valence-electron chi connectivity index (χ0n) is 13.6. The van der Waals surface area contributed by atoms with Crippen molar-refractivity contribution in [1.29, 1.82) is 0 Å². The Kier molecular flexibility index (Phi) is 4.72. The van der Waals surface area contributed by atoms with E-state index in [1.54, 1.807) is 48.8 Å². The van der Waals surface area contributed by atoms with Crippen LogP contribution in [0, 0.1) is 19.3 Å². The summed E-state index contributed by atoms with van der Waals surface area (Å²) in [7, 11) is 0. The van der Waals surface area contributed by atoms with Crippen molar-refractivity contribution in [2.24, 2.45) is 0 Å². The van der Waals surface area contributed by atoms with E-state index in [9.17, 15) is 4.79 Å². The van der Waals surface area contributed by atoms with Crippen LogP contribution in [-0.4, -0.2) is 15.9 Å². The Balaban J connectivity index is 1.72. The van der Waals surface area contributed by atoms with Crippen molar-refractivity contribution in [3.63, 3.8) is 0 Å². The van der Waals surface area contributed by atoms with Gasteiger partial charge in [0.05, 0.1) is 0 Å². The number of pyridine rings is 2. The summed E-state index contributed by atoms with van der Waals surface area (Å²) in [5.74, 6) is 3.57. The molecule has 0 aliphatic rings. The Bertz CT molecular complexity index is 929. The average molecular weight is 329 g/mol. The summed E-state index contributed by atoms with van der Waals surface area (Å²) in [4.78, 5) is 20.2. The smallest absolute Gasteiger partial charge is 0.274 e. The first-order valence-corrected chi connectivity index (χ1v) is 7.58. The number of carbonyl (C=O) groups is 1. The van der Waals surface area contributed by atoms with Gasteiger partial charge in [-0.2, -0.15) is 0 Å². The van der Waals surface area contributed by atoms with Crippen molar-refractivity contribution < 1.29 is 9.53 Å². The molecule has 0 spiro atoms. The molecule has 122 valence electrons. The first-order valence-electron chi connectivity index (χ1n) is 7.58. The van der Waals surface area contributed by atoms with Gasteiger partial charge in [0.15, 0.2) is 0 Å². The van der Waals surface area contributed by atoms with Crippen molar-refractivity contribution in [3.8, 4) is 23.8 Å². The molecule has 0 bridgehead atoms. The Hall–Kier alpha value is -3.65. The van der Waals surface area contributed by atoms with E-state index in [2.05, 4.69) is 21.2 Å². The van der Waals surface area contributed by atoms with Crippen LogP contribution in [0.4, 0.5) is 5.69 Å². The quantitative estimate of drug-likeness (QED) is 0.739. The molecule has 0 unspecified atom stereocenters. The maximum atomic E-state index is 12.2. The van der Waals surface area contributed by atoms with Crippen LogP contribution in [0.5, 0.6) is 11.5 Å². The lowest BCUT2D eigenvalue weighted by Gasteiger charge is -2.11. The summed E-state index contributed by atoms with van der Waals surface area (Å²) in [5, 5.41) is 2.81. The average Bonchev–Trinajstić information content (AvgIpc) is 2.65. The molecule has 0 aliphatic heterocycles. The Morgan fingerprint density at radius 2 is 1.96 bits per heavy atom. The third kappa shape index (κ3) is 4.01. The highest BCUT2D eigenvalue weighted by Crippen LogP contribution is 2.27. The normalized spacial score (nSPS) is 9.92. The maximum absolute atomic E-state index is 12.2. The van der Waals surface area contributed by atoms with Gasteiger partial charge < -0.3 is 10.1 Å². The summed E-state index contributed by atoms with van der Waals surface area (Å²) in [6, 6.07) is 12.3. The fourth-order valence-corrected chi connectivity index (χ4v) is 2.18. The fraction of sp³-hybridized carbons (Fsp3) is 0.0500. The van der Waals surface area contributed by atoms with Gasteiger partial charge in [0.1, 0.15) is 17.2 Å². The maximum Gasteiger partial charge on any atom is 0.274 e. The van der Waals surface area contributed by atoms with Crippen molar-refractivity contribution in [3.05, 3.63) is 77.9 Å². The van der Waals surface area contributed by atoms with Gasteiger partial charge in [-0.15, -0.1) is 6.42 Å². The molecule has 0 fully saturated rings. The molecule has 5 heteroatoms. The van der Waals surface area contributed by atoms with Gasteiger partial charge in [0, 0.05) is 29.8 Å². The van der Waals surface area contributed by atoms with E-state index in [-0.39, 0.29) is 5.91 Å². The molecule has 0 saturated heterocycles. The molecule has 0 aliphatic carbocycles. The Labute approximate surface area is 145 Å². The van der Waals surface area contributed by atoms with Gasteiger partial charge in [-0.1, -0.05) is 5.92 Å². The molecule has 3 aromatic rings. The van der Waals surface area contributed by atoms with Crippen LogP contribution < -0.4 is 10.1 Å². The van der Waals surface area contributed by atoms with Gasteiger partial charge in [-0.05, 0) is 55.0 Å². The number of nitrogens with one attached hydrogen (secondary N) is 1. The van der Waals surface area contributed by atoms with Gasteiger partial charge in [0.2, 0.25) is 0 Å². The van der Waals surface area contributed by atoms with Crippen LogP contribution in [0.25, 0.3) is 0 Å². The molecular weight excluding hydrogens is 314 g/mol. The second-order valence-electron chi connectivity index (χ2n) is 5.30. The summed E-state index contributed by atoms with van der Waals surface area (Å²) < 4.78 is 5.80. The molecular formula is C20H15N3O2. The number of rotatable bonds is 4. The molecule has 1 N–H and O–H groups in total. The minimum Gasteiger partial charge on any atom is -0.457 e. The number of hydrogen-bond donors (Lipinski definition) is 1. The first-order chi connectivity index (χ1) is 12.2.